The molecule has 1 aromatic heterocycles. The summed E-state index contributed by atoms with van der Waals surface area (Å²) in [6, 6.07) is -0.320. The van der Waals surface area contributed by atoms with Crippen LogP contribution in [-0.4, -0.2) is 62.7 Å². The van der Waals surface area contributed by atoms with Gasteiger partial charge in [0.15, 0.2) is 0 Å². The normalized spacial score (nSPS) is 23.7. The van der Waals surface area contributed by atoms with E-state index in [9.17, 15) is 9.59 Å². The van der Waals surface area contributed by atoms with Gasteiger partial charge in [0.25, 0.3) is 0 Å². The van der Waals surface area contributed by atoms with Crippen LogP contribution >= 0.6 is 11.8 Å². The van der Waals surface area contributed by atoms with E-state index in [0.29, 0.717) is 18.2 Å². The van der Waals surface area contributed by atoms with Gasteiger partial charge in [0.05, 0.1) is 17.5 Å². The first-order chi connectivity index (χ1) is 11.0. The van der Waals surface area contributed by atoms with Gasteiger partial charge < -0.3 is 9.80 Å². The molecule has 1 aliphatic carbocycles. The molecule has 2 atom stereocenters. The van der Waals surface area contributed by atoms with E-state index in [2.05, 4.69) is 5.10 Å². The van der Waals surface area contributed by atoms with Crippen LogP contribution in [0.4, 0.5) is 0 Å². The van der Waals surface area contributed by atoms with Crippen LogP contribution in [0.5, 0.6) is 0 Å². The lowest BCUT2D eigenvalue weighted by molar-refractivity contribution is -0.143. The lowest BCUT2D eigenvalue weighted by Crippen LogP contribution is -2.49. The Morgan fingerprint density at radius 1 is 1.48 bits per heavy atom. The van der Waals surface area contributed by atoms with Gasteiger partial charge in [0.1, 0.15) is 6.04 Å². The monoisotopic (exact) mass is 336 g/mol. The summed E-state index contributed by atoms with van der Waals surface area (Å²) < 4.78 is 1.79. The SMILES string of the molecule is CCN(C)C(=O)[C@H]1CSCN1C(=O)[C@H]1CCCc2nn(C)cc21. The number of aryl methyl sites for hydroxylation is 2. The minimum Gasteiger partial charge on any atom is -0.344 e. The molecule has 0 spiro atoms. The number of fused-ring (bicyclic) bond motifs is 1. The van der Waals surface area contributed by atoms with Crippen molar-refractivity contribution in [3.8, 4) is 0 Å². The van der Waals surface area contributed by atoms with Gasteiger partial charge in [-0.1, -0.05) is 0 Å². The third-order valence-corrected chi connectivity index (χ3v) is 5.83. The molecule has 126 valence electrons. The van der Waals surface area contributed by atoms with Crippen molar-refractivity contribution in [2.45, 2.75) is 38.1 Å². The number of aromatic nitrogens is 2. The van der Waals surface area contributed by atoms with Crippen LogP contribution in [0.15, 0.2) is 6.20 Å². The van der Waals surface area contributed by atoms with Crippen LogP contribution in [0.1, 0.15) is 36.9 Å². The zero-order valence-corrected chi connectivity index (χ0v) is 14.8. The first kappa shape index (κ1) is 16.4. The predicted molar refractivity (Wildman–Crippen MR) is 90.2 cm³/mol. The molecule has 2 heterocycles. The van der Waals surface area contributed by atoms with E-state index in [-0.39, 0.29) is 23.8 Å². The van der Waals surface area contributed by atoms with Crippen LogP contribution in [0.3, 0.4) is 0 Å². The minimum atomic E-state index is -0.320. The number of amides is 2. The Labute approximate surface area is 141 Å². The Hall–Kier alpha value is -1.50. The quantitative estimate of drug-likeness (QED) is 0.833. The van der Waals surface area contributed by atoms with Crippen molar-refractivity contribution in [2.75, 3.05) is 25.2 Å². The Kier molecular flexibility index (Phi) is 4.66. The highest BCUT2D eigenvalue weighted by Crippen LogP contribution is 2.35. The predicted octanol–water partition coefficient (Wildman–Crippen LogP) is 1.22. The van der Waals surface area contributed by atoms with Crippen LogP contribution in [-0.2, 0) is 23.1 Å². The first-order valence-electron chi connectivity index (χ1n) is 8.18. The van der Waals surface area contributed by atoms with Crippen molar-refractivity contribution in [2.24, 2.45) is 7.05 Å². The smallest absolute Gasteiger partial charge is 0.245 e. The summed E-state index contributed by atoms with van der Waals surface area (Å²) in [7, 11) is 3.70. The van der Waals surface area contributed by atoms with Gasteiger partial charge in [0, 0.05) is 38.2 Å². The van der Waals surface area contributed by atoms with Crippen molar-refractivity contribution in [1.29, 1.82) is 0 Å². The molecule has 6 nitrogen and oxygen atoms in total. The highest BCUT2D eigenvalue weighted by atomic mass is 32.2. The zero-order valence-electron chi connectivity index (χ0n) is 14.0. The van der Waals surface area contributed by atoms with Crippen molar-refractivity contribution >= 4 is 23.6 Å². The van der Waals surface area contributed by atoms with Crippen LogP contribution in [0.25, 0.3) is 0 Å². The fourth-order valence-electron chi connectivity index (χ4n) is 3.40. The summed E-state index contributed by atoms with van der Waals surface area (Å²) in [6.45, 7) is 2.62. The molecule has 1 aromatic rings. The number of nitrogens with zero attached hydrogens (tertiary/aromatic N) is 4. The largest absolute Gasteiger partial charge is 0.344 e. The van der Waals surface area contributed by atoms with Gasteiger partial charge in [-0.3, -0.25) is 14.3 Å². The van der Waals surface area contributed by atoms with Gasteiger partial charge in [-0.15, -0.1) is 11.8 Å². The van der Waals surface area contributed by atoms with E-state index < -0.39 is 0 Å². The average Bonchev–Trinajstić information content (AvgIpc) is 3.17. The lowest BCUT2D eigenvalue weighted by atomic mass is 9.86. The second-order valence-corrected chi connectivity index (χ2v) is 7.33. The zero-order chi connectivity index (χ0) is 16.6. The molecule has 7 heteroatoms. The van der Waals surface area contributed by atoms with Crippen molar-refractivity contribution < 1.29 is 9.59 Å². The van der Waals surface area contributed by atoms with Gasteiger partial charge in [-0.05, 0) is 26.2 Å². The molecule has 2 aliphatic rings. The summed E-state index contributed by atoms with van der Waals surface area (Å²) in [6.07, 6.45) is 4.74. The summed E-state index contributed by atoms with van der Waals surface area (Å²) >= 11 is 1.66. The molecule has 0 aromatic carbocycles. The van der Waals surface area contributed by atoms with E-state index >= 15 is 0 Å². The van der Waals surface area contributed by atoms with E-state index in [4.69, 9.17) is 0 Å². The summed E-state index contributed by atoms with van der Waals surface area (Å²) in [5, 5.41) is 4.47. The number of carbonyl (C=O) groups excluding carboxylic acids is 2. The van der Waals surface area contributed by atoms with E-state index in [1.54, 1.807) is 33.3 Å². The molecule has 0 N–H and O–H groups in total. The fourth-order valence-corrected chi connectivity index (χ4v) is 4.55. The molecule has 0 radical (unpaired) electrons. The van der Waals surface area contributed by atoms with Crippen molar-refractivity contribution in [3.05, 3.63) is 17.5 Å². The second kappa shape index (κ2) is 6.55. The van der Waals surface area contributed by atoms with Gasteiger partial charge in [0.2, 0.25) is 11.8 Å². The van der Waals surface area contributed by atoms with Gasteiger partial charge >= 0.3 is 0 Å². The third-order valence-electron chi connectivity index (χ3n) is 4.82. The standard InChI is InChI=1S/C16H24N4O2S/c1-4-18(2)16(22)14-9-23-10-20(14)15(21)11-6-5-7-13-12(11)8-19(3)17-13/h8,11,14H,4-7,9-10H2,1-3H3/t11-,14+/m0/s1. The van der Waals surface area contributed by atoms with Crippen LogP contribution < -0.4 is 0 Å². The molecule has 2 amide bonds. The topological polar surface area (TPSA) is 58.4 Å². The van der Waals surface area contributed by atoms with Crippen LogP contribution in [0.2, 0.25) is 0 Å². The van der Waals surface area contributed by atoms with Gasteiger partial charge in [-0.25, -0.2) is 0 Å². The minimum absolute atomic E-state index is 0.0491. The maximum atomic E-state index is 13.1. The molecular weight excluding hydrogens is 312 g/mol. The number of carbonyl (C=O) groups is 2. The Morgan fingerprint density at radius 3 is 3.00 bits per heavy atom. The number of likely N-dealkylation sites (N-methyl/N-ethyl adjacent to an activating group) is 1. The molecule has 3 rings (SSSR count). The molecule has 0 unspecified atom stereocenters. The summed E-state index contributed by atoms with van der Waals surface area (Å²) in [4.78, 5) is 29.1. The van der Waals surface area contributed by atoms with E-state index in [1.807, 2.05) is 20.2 Å². The van der Waals surface area contributed by atoms with Gasteiger partial charge in [-0.2, -0.15) is 5.10 Å². The number of thioether (sulfide) groups is 1. The highest BCUT2D eigenvalue weighted by molar-refractivity contribution is 7.99. The number of hydrogen-bond acceptors (Lipinski definition) is 4. The third kappa shape index (κ3) is 2.98. The van der Waals surface area contributed by atoms with E-state index in [0.717, 1.165) is 30.5 Å². The van der Waals surface area contributed by atoms with Crippen molar-refractivity contribution in [3.63, 3.8) is 0 Å². The van der Waals surface area contributed by atoms with E-state index in [1.165, 1.54) is 0 Å². The number of rotatable bonds is 3. The van der Waals surface area contributed by atoms with Crippen LogP contribution in [0, 0.1) is 0 Å². The molecule has 0 saturated carbocycles. The Bertz CT molecular complexity index is 615. The first-order valence-corrected chi connectivity index (χ1v) is 9.34. The average molecular weight is 336 g/mol. The highest BCUT2D eigenvalue weighted by Gasteiger charge is 2.40. The summed E-state index contributed by atoms with van der Waals surface area (Å²) in [5.41, 5.74) is 2.09. The second-order valence-electron chi connectivity index (χ2n) is 6.33. The lowest BCUT2D eigenvalue weighted by Gasteiger charge is -2.31. The Morgan fingerprint density at radius 2 is 2.26 bits per heavy atom. The molecule has 1 saturated heterocycles. The molecular formula is C16H24N4O2S. The fraction of sp³-hybridized carbons (Fsp3) is 0.688. The molecule has 23 heavy (non-hydrogen) atoms. The molecule has 1 fully saturated rings. The molecule has 0 bridgehead atoms. The summed E-state index contributed by atoms with van der Waals surface area (Å²) in [5.74, 6) is 1.30. The molecule has 1 aliphatic heterocycles. The maximum absolute atomic E-state index is 13.1. The number of hydrogen-bond donors (Lipinski definition) is 0. The Balaban J connectivity index is 1.81. The van der Waals surface area contributed by atoms with Crippen molar-refractivity contribution in [1.82, 2.24) is 19.6 Å². The maximum Gasteiger partial charge on any atom is 0.245 e.